The van der Waals surface area contributed by atoms with Crippen molar-refractivity contribution in [2.45, 2.75) is 350 Å². The molecule has 2 aromatic rings. The van der Waals surface area contributed by atoms with E-state index in [1.54, 1.807) is 6.92 Å². The number of pyridine rings is 1. The van der Waals surface area contributed by atoms with Gasteiger partial charge in [0.1, 0.15) is 115 Å². The van der Waals surface area contributed by atoms with Crippen molar-refractivity contribution in [3.63, 3.8) is 0 Å². The Morgan fingerprint density at radius 1 is 0.645 bits per heavy atom. The lowest BCUT2D eigenvalue weighted by molar-refractivity contribution is -0.396. The molecule has 28 N–H and O–H groups in total. The lowest BCUT2D eigenvalue weighted by Crippen LogP contribution is -2.69. The van der Waals surface area contributed by atoms with Crippen molar-refractivity contribution in [3.8, 4) is 0 Å². The second-order valence-electron chi connectivity index (χ2n) is 38.5. The maximum atomic E-state index is 16.6. The molecule has 3 aliphatic heterocycles. The molecule has 50 heteroatoms. The van der Waals surface area contributed by atoms with E-state index in [1.807, 2.05) is 40.7 Å². The van der Waals surface area contributed by atoms with Crippen molar-refractivity contribution < 1.29 is 229 Å². The van der Waals surface area contributed by atoms with Crippen molar-refractivity contribution in [3.05, 3.63) is 76.1 Å². The van der Waals surface area contributed by atoms with Crippen LogP contribution in [0.25, 0.3) is 11.2 Å². The number of allylic oxidation sites excluding steroid dienone is 2. The van der Waals surface area contributed by atoms with Crippen LogP contribution in [-0.2, 0) is 80.8 Å². The average molecular weight is 1990 g/mol. The van der Waals surface area contributed by atoms with Crippen LogP contribution < -0.4 is 4.84 Å². The molecule has 0 radical (unpaired) electrons. The van der Waals surface area contributed by atoms with Crippen LogP contribution in [0.3, 0.4) is 0 Å². The molecule has 138 heavy (non-hydrogen) atoms. The molecule has 4 saturated carbocycles. The van der Waals surface area contributed by atoms with Crippen LogP contribution in [0.4, 0.5) is 0 Å². The molecule has 7 fully saturated rings. The third kappa shape index (κ3) is 22.7. The van der Waals surface area contributed by atoms with Gasteiger partial charge in [-0.15, -0.1) is 5.10 Å². The Morgan fingerprint density at radius 2 is 1.24 bits per heavy atom. The van der Waals surface area contributed by atoms with E-state index in [2.05, 4.69) is 15.3 Å². The first kappa shape index (κ1) is 112. The quantitative estimate of drug-likeness (QED) is 0.00748. The monoisotopic (exact) mass is 1980 g/mol. The molecule has 784 valence electrons. The molecule has 5 aliphatic carbocycles. The van der Waals surface area contributed by atoms with Crippen LogP contribution in [0.15, 0.2) is 76.1 Å². The fourth-order valence-electron chi connectivity index (χ4n) is 21.1. The number of hydrogen-bond acceptors (Lipinski definition) is 49. The first-order chi connectivity index (χ1) is 64.6. The molecule has 0 spiro atoms. The van der Waals surface area contributed by atoms with Crippen molar-refractivity contribution in [1.29, 1.82) is 0 Å². The Kier molecular flexibility index (Phi) is 37.2. The Bertz CT molecular complexity index is 4610. The number of aliphatic hydroxyl groups excluding tert-OH is 28. The molecule has 31 unspecified atom stereocenters. The maximum Gasteiger partial charge on any atom is 0.337 e. The summed E-state index contributed by atoms with van der Waals surface area (Å²) in [6, 6.07) is 2.98. The van der Waals surface area contributed by atoms with Crippen LogP contribution in [0, 0.1) is 50.2 Å². The zero-order valence-electron chi connectivity index (χ0n) is 78.0. The fourth-order valence-corrected chi connectivity index (χ4v) is 21.1. The van der Waals surface area contributed by atoms with Crippen LogP contribution in [-0.4, -0.2) is 405 Å². The van der Waals surface area contributed by atoms with Crippen molar-refractivity contribution >= 4 is 35.4 Å². The van der Waals surface area contributed by atoms with Crippen molar-refractivity contribution in [1.82, 2.24) is 20.1 Å². The molecular formula is C88H136N4O46. The lowest BCUT2D eigenvalue weighted by Gasteiger charge is -2.71. The second kappa shape index (κ2) is 45.6. The van der Waals surface area contributed by atoms with E-state index in [4.69, 9.17) is 66.4 Å². The highest BCUT2D eigenvalue weighted by Crippen LogP contribution is 2.76. The SMILES string of the molecule is CCC(OC(C)=O)/C(OC1OCC(O)C(O)C1O)=C(/O)C(O)OC(CC)C(O)C(CO)(OC(=O)[C@]12CCC(C)(C)CC1C1=CCC3[C@@]4(C)CC[C@H](OC(O)C(OC(O)/C(O)=C(\O)C(O)CCO)C(OC5OCC(O)C(O)C5O)C(O)CC(=O)On5nnc6cccnc65)[C@@](C)(C=O)C4CC[C@@]3(C)[C@]1(C)C[C@H]2O)OC1OC(C)C(OC(O)/C(O)=C(/OC(O)/C(O)=C(/O)C(O)CCO)C(C)O)C(O)C1O. The normalized spacial score (nSPS) is 36.4. The Labute approximate surface area is 790 Å². The highest BCUT2D eigenvalue weighted by atomic mass is 16.8. The standard InChI is InChI=1S/C88H136N4O46/c1-12-47(128-38(5)98)69(135-79-62(114)57(109)46(103)33-126-79)65(117)75(121)129-48(13-2)71(118)88(35-96,136-80-63(115)58(110)67(37(4)127-80)132-76(122)64(116)66(36(3)97)131-73(119)59(111)54(106)42(99)20-27-93)137-81(124)87-25-24-82(6,7)30-40(87)39-16-17-50-83(8)22-19-52(84(9,34-95)49(83)18-23-85(50,10)86(39,11)31-51(87)104)130-77(123)70(133-74(120)60(112)55(107)43(100)21-28-94)68(134-78-61(113)56(108)45(102)32-125-78)44(101)29-53(105)138-92-72-41(90-91-92)15-14-26-89-72/h14-16,26,34,36-37,40,42-52,56-58,61-63,67-68,70-71,73-80,93-94,96-97,99-104,106-123H,12-13,17-25,27-33,35H2,1-11H3/b59-54-,60-55+,66-64-,69-65-/t36?,37?,40?,42?,43?,44?,45?,46?,47?,48?,49?,50?,51-,52+,56?,57?,58?,61?,62?,63?,67?,68?,70?,71?,73?,74?,75?,76?,77?,78?,79?,80?,83+,84+,85-,86-,87-,88?/m1/s1. The smallest absolute Gasteiger partial charge is 0.337 e. The number of ether oxygens (including phenoxy) is 13. The van der Waals surface area contributed by atoms with E-state index in [0.717, 1.165) is 20.8 Å². The summed E-state index contributed by atoms with van der Waals surface area (Å²) in [6.07, 6.45) is -62.7. The third-order valence-corrected chi connectivity index (χ3v) is 29.1. The van der Waals surface area contributed by atoms with Crippen LogP contribution in [0.5, 0.6) is 0 Å². The molecule has 5 heterocycles. The van der Waals surface area contributed by atoms with Crippen LogP contribution >= 0.6 is 0 Å². The second-order valence-corrected chi connectivity index (χ2v) is 38.5. The molecule has 50 nitrogen and oxygen atoms in total. The van der Waals surface area contributed by atoms with Gasteiger partial charge in [-0.05, 0) is 146 Å². The van der Waals surface area contributed by atoms with Gasteiger partial charge in [0, 0.05) is 39.2 Å². The molecule has 8 aliphatic rings. The van der Waals surface area contributed by atoms with Gasteiger partial charge in [-0.2, -0.15) is 0 Å². The van der Waals surface area contributed by atoms with Gasteiger partial charge in [-0.3, -0.25) is 9.59 Å². The lowest BCUT2D eigenvalue weighted by atomic mass is 9.33. The van der Waals surface area contributed by atoms with Gasteiger partial charge in [0.25, 0.3) is 12.1 Å². The largest absolute Gasteiger partial charge is 0.506 e. The van der Waals surface area contributed by atoms with Gasteiger partial charge >= 0.3 is 17.9 Å². The molecule has 2 aromatic heterocycles. The minimum atomic E-state index is -3.46. The van der Waals surface area contributed by atoms with E-state index >= 15 is 4.79 Å². The van der Waals surface area contributed by atoms with Crippen LogP contribution in [0.2, 0.25) is 0 Å². The molecule has 10 rings (SSSR count). The summed E-state index contributed by atoms with van der Waals surface area (Å²) < 4.78 is 75.8. The number of carbonyl (C=O) groups excluding carboxylic acids is 4. The summed E-state index contributed by atoms with van der Waals surface area (Å²) in [5.74, 6) is -20.1. The number of rotatable bonds is 43. The summed E-state index contributed by atoms with van der Waals surface area (Å²) in [5.41, 5.74) is -6.82. The van der Waals surface area contributed by atoms with Gasteiger partial charge in [-0.25, -0.2) is 9.78 Å². The number of hydrogen-bond donors (Lipinski definition) is 28. The number of fused-ring (bicyclic) bond motifs is 8. The van der Waals surface area contributed by atoms with E-state index in [1.165, 1.54) is 32.2 Å². The summed E-state index contributed by atoms with van der Waals surface area (Å²) >= 11 is 0. The van der Waals surface area contributed by atoms with Crippen molar-refractivity contribution in [2.75, 3.05) is 33.0 Å². The number of aromatic nitrogens is 4. The van der Waals surface area contributed by atoms with Gasteiger partial charge in [0.2, 0.25) is 36.6 Å². The van der Waals surface area contributed by atoms with E-state index < -0.39 is 357 Å². The molecule has 0 bridgehead atoms. The zero-order chi connectivity index (χ0) is 103. The van der Waals surface area contributed by atoms with Crippen molar-refractivity contribution in [2.24, 2.45) is 50.2 Å². The van der Waals surface area contributed by atoms with Gasteiger partial charge < -0.3 is 214 Å². The molecule has 3 saturated heterocycles. The minimum absolute atomic E-state index is 0.0778. The molecule has 0 aromatic carbocycles. The predicted molar refractivity (Wildman–Crippen MR) is 457 cm³/mol. The third-order valence-electron chi connectivity index (χ3n) is 29.1. The summed E-state index contributed by atoms with van der Waals surface area (Å²) in [7, 11) is 0. The summed E-state index contributed by atoms with van der Waals surface area (Å²) in [5, 5.41) is 322. The topological polar surface area (TPSA) is 808 Å². The van der Waals surface area contributed by atoms with Gasteiger partial charge in [0.15, 0.2) is 65.3 Å². The first-order valence-electron chi connectivity index (χ1n) is 45.6. The number of esters is 2. The number of aldehydes is 1. The zero-order valence-corrected chi connectivity index (χ0v) is 78.0. The van der Waals surface area contributed by atoms with Gasteiger partial charge in [0.05, 0.1) is 55.6 Å². The molecule has 0 amide bonds. The van der Waals surface area contributed by atoms with Crippen LogP contribution in [0.1, 0.15) is 166 Å². The number of aliphatic hydroxyl groups is 28. The number of nitrogens with zero attached hydrogens (tertiary/aromatic N) is 4. The van der Waals surface area contributed by atoms with E-state index in [-0.39, 0.29) is 75.4 Å². The number of carbonyl (C=O) groups is 4. The highest BCUT2D eigenvalue weighted by Gasteiger charge is 2.73. The van der Waals surface area contributed by atoms with E-state index in [0.29, 0.717) is 16.7 Å². The van der Waals surface area contributed by atoms with Gasteiger partial charge in [-0.1, -0.05) is 67.0 Å². The Balaban J connectivity index is 0.997. The molecule has 38 atom stereocenters. The fraction of sp³-hybridized carbons (Fsp3) is 0.784. The van der Waals surface area contributed by atoms with E-state index in [9.17, 15) is 157 Å². The Hall–Kier alpha value is -7.51. The molecular weight excluding hydrogens is 1850 g/mol. The minimum Gasteiger partial charge on any atom is -0.506 e. The summed E-state index contributed by atoms with van der Waals surface area (Å²) in [4.78, 5) is 67.6. The predicted octanol–water partition coefficient (Wildman–Crippen LogP) is -4.20. The summed E-state index contributed by atoms with van der Waals surface area (Å²) in [6.45, 7) is 12.4. The maximum absolute atomic E-state index is 16.6. The average Bonchev–Trinajstić information content (AvgIpc) is 0.668. The first-order valence-corrected chi connectivity index (χ1v) is 45.6. The Morgan fingerprint density at radius 3 is 1.83 bits per heavy atom. The highest BCUT2D eigenvalue weighted by molar-refractivity contribution is 5.80.